The average molecular weight is 587 g/mol. The molecule has 214 valence electrons. The standard InChI is InChI=1S/C27H25F3N6O4S/c1-34-15-23(32-33-34)20-12-21(20)25-22(26(37)38)13-31-36(25)19-6-2-4-16(10-19)14-35-9-3-5-17-7-8-18(27(28,29)30)11-24(17)41(35,39)40/h2,4,6-8,10-11,13,15,20-21H,3,5,9,12,14H2,1H3,(H,37,38)/t20-,21-/m1/s1. The van der Waals surface area contributed by atoms with E-state index >= 15 is 0 Å². The molecular formula is C27H25F3N6O4S. The largest absolute Gasteiger partial charge is 0.478 e. The van der Waals surface area contributed by atoms with Crippen molar-refractivity contribution in [3.05, 3.63) is 88.5 Å². The molecule has 2 aromatic carbocycles. The zero-order chi connectivity index (χ0) is 29.1. The smallest absolute Gasteiger partial charge is 0.416 e. The summed E-state index contributed by atoms with van der Waals surface area (Å²) in [6.07, 6.45) is -0.107. The topological polar surface area (TPSA) is 123 Å². The van der Waals surface area contributed by atoms with Crippen molar-refractivity contribution in [2.75, 3.05) is 6.54 Å². The number of sulfonamides is 1. The van der Waals surface area contributed by atoms with Crippen LogP contribution in [-0.2, 0) is 36.2 Å². The summed E-state index contributed by atoms with van der Waals surface area (Å²) in [4.78, 5) is 11.7. The Labute approximate surface area is 233 Å². The van der Waals surface area contributed by atoms with E-state index in [0.29, 0.717) is 47.8 Å². The Hall–Kier alpha value is -4.04. The number of hydrogen-bond donors (Lipinski definition) is 1. The maximum Gasteiger partial charge on any atom is 0.416 e. The number of rotatable bonds is 6. The first kappa shape index (κ1) is 27.1. The van der Waals surface area contributed by atoms with E-state index in [-0.39, 0.29) is 35.4 Å². The number of carboxylic acids is 1. The Balaban J connectivity index is 1.32. The summed E-state index contributed by atoms with van der Waals surface area (Å²) < 4.78 is 71.5. The third-order valence-corrected chi connectivity index (χ3v) is 9.49. The average Bonchev–Trinajstić information content (AvgIpc) is 3.40. The van der Waals surface area contributed by atoms with Gasteiger partial charge in [0.05, 0.1) is 33.7 Å². The third kappa shape index (κ3) is 5.01. The van der Waals surface area contributed by atoms with Crippen molar-refractivity contribution in [2.24, 2.45) is 7.05 Å². The van der Waals surface area contributed by atoms with Crippen molar-refractivity contribution in [2.45, 2.75) is 48.7 Å². The number of aromatic nitrogens is 5. The molecule has 1 fully saturated rings. The van der Waals surface area contributed by atoms with E-state index in [2.05, 4.69) is 15.4 Å². The summed E-state index contributed by atoms with van der Waals surface area (Å²) >= 11 is 0. The first-order valence-electron chi connectivity index (χ1n) is 12.9. The lowest BCUT2D eigenvalue weighted by Crippen LogP contribution is -2.30. The van der Waals surface area contributed by atoms with Gasteiger partial charge in [0.25, 0.3) is 0 Å². The highest BCUT2D eigenvalue weighted by Gasteiger charge is 2.46. The third-order valence-electron chi connectivity index (χ3n) is 7.56. The van der Waals surface area contributed by atoms with Gasteiger partial charge in [0.2, 0.25) is 10.0 Å². The van der Waals surface area contributed by atoms with Crippen molar-refractivity contribution in [3.8, 4) is 5.69 Å². The van der Waals surface area contributed by atoms with Gasteiger partial charge < -0.3 is 5.11 Å². The number of aryl methyl sites for hydroxylation is 2. The highest BCUT2D eigenvalue weighted by Crippen LogP contribution is 2.55. The van der Waals surface area contributed by atoms with Crippen LogP contribution in [0.25, 0.3) is 5.69 Å². The predicted molar refractivity (Wildman–Crippen MR) is 139 cm³/mol. The Bertz CT molecular complexity index is 1760. The molecule has 0 spiro atoms. The van der Waals surface area contributed by atoms with Crippen LogP contribution in [0, 0.1) is 0 Å². The van der Waals surface area contributed by atoms with Crippen molar-refractivity contribution in [1.82, 2.24) is 29.1 Å². The molecule has 1 aliphatic carbocycles. The molecule has 3 heterocycles. The zero-order valence-corrected chi connectivity index (χ0v) is 22.6. The van der Waals surface area contributed by atoms with Crippen LogP contribution in [0.4, 0.5) is 13.2 Å². The molecule has 2 aliphatic rings. The van der Waals surface area contributed by atoms with Gasteiger partial charge in [-0.1, -0.05) is 23.4 Å². The fraction of sp³-hybridized carbons (Fsp3) is 0.333. The van der Waals surface area contributed by atoms with E-state index < -0.39 is 27.7 Å². The molecule has 6 rings (SSSR count). The zero-order valence-electron chi connectivity index (χ0n) is 21.8. The van der Waals surface area contributed by atoms with Crippen LogP contribution in [0.15, 0.2) is 59.8 Å². The maximum atomic E-state index is 13.5. The van der Waals surface area contributed by atoms with Gasteiger partial charge in [-0.15, -0.1) is 5.10 Å². The van der Waals surface area contributed by atoms with Crippen LogP contribution in [0.1, 0.15) is 63.1 Å². The number of carbonyl (C=O) groups is 1. The fourth-order valence-electron chi connectivity index (χ4n) is 5.48. The summed E-state index contributed by atoms with van der Waals surface area (Å²) in [7, 11) is -2.46. The predicted octanol–water partition coefficient (Wildman–Crippen LogP) is 4.13. The second-order valence-corrected chi connectivity index (χ2v) is 12.3. The maximum absolute atomic E-state index is 13.5. The first-order valence-corrected chi connectivity index (χ1v) is 14.3. The van der Waals surface area contributed by atoms with Gasteiger partial charge in [-0.05, 0) is 54.7 Å². The quantitative estimate of drug-likeness (QED) is 0.361. The minimum absolute atomic E-state index is 0.00988. The van der Waals surface area contributed by atoms with E-state index in [9.17, 15) is 31.5 Å². The Morgan fingerprint density at radius 2 is 1.95 bits per heavy atom. The number of alkyl halides is 3. The molecule has 2 atom stereocenters. The van der Waals surface area contributed by atoms with Crippen molar-refractivity contribution < 1.29 is 31.5 Å². The molecule has 1 aliphatic heterocycles. The van der Waals surface area contributed by atoms with Gasteiger partial charge in [0, 0.05) is 38.2 Å². The Morgan fingerprint density at radius 3 is 2.66 bits per heavy atom. The molecule has 0 bridgehead atoms. The molecule has 0 saturated heterocycles. The van der Waals surface area contributed by atoms with Crippen LogP contribution in [-0.4, -0.2) is 55.1 Å². The molecule has 41 heavy (non-hydrogen) atoms. The lowest BCUT2D eigenvalue weighted by molar-refractivity contribution is -0.137. The highest BCUT2D eigenvalue weighted by molar-refractivity contribution is 7.89. The van der Waals surface area contributed by atoms with Crippen LogP contribution in [0.5, 0.6) is 0 Å². The molecule has 0 amide bonds. The lowest BCUT2D eigenvalue weighted by atomic mass is 10.1. The number of carboxylic acid groups (broad SMARTS) is 1. The summed E-state index contributed by atoms with van der Waals surface area (Å²) in [5, 5.41) is 22.3. The number of nitrogens with zero attached hydrogens (tertiary/aromatic N) is 6. The number of benzene rings is 2. The van der Waals surface area contributed by atoms with Crippen LogP contribution in [0.3, 0.4) is 0 Å². The van der Waals surface area contributed by atoms with Crippen molar-refractivity contribution in [3.63, 3.8) is 0 Å². The molecule has 4 aromatic rings. The summed E-state index contributed by atoms with van der Waals surface area (Å²) in [6, 6.07) is 9.76. The number of aromatic carboxylic acids is 1. The SMILES string of the molecule is Cn1cc([C@@H]2C[C@H]2c2c(C(=O)O)cnn2-c2cccc(CN3CCCc4ccc(C(F)(F)F)cc4S3(=O)=O)c2)nn1. The molecule has 2 aromatic heterocycles. The Kier molecular flexibility index (Phi) is 6.49. The lowest BCUT2D eigenvalue weighted by Gasteiger charge is -2.21. The molecule has 1 N–H and O–H groups in total. The minimum atomic E-state index is -4.67. The fourth-order valence-corrected chi connectivity index (χ4v) is 7.23. The van der Waals surface area contributed by atoms with E-state index in [1.807, 2.05) is 0 Å². The van der Waals surface area contributed by atoms with E-state index in [1.165, 1.54) is 16.6 Å². The summed E-state index contributed by atoms with van der Waals surface area (Å²) in [6.45, 7) is 0.0700. The van der Waals surface area contributed by atoms with Gasteiger partial charge in [0.1, 0.15) is 5.56 Å². The molecule has 0 unspecified atom stereocenters. The summed E-state index contributed by atoms with van der Waals surface area (Å²) in [5.41, 5.74) is 1.82. The molecule has 14 heteroatoms. The number of fused-ring (bicyclic) bond motifs is 1. The van der Waals surface area contributed by atoms with E-state index in [1.54, 1.807) is 46.9 Å². The number of hydrogen-bond acceptors (Lipinski definition) is 6. The van der Waals surface area contributed by atoms with Gasteiger partial charge in [-0.2, -0.15) is 22.6 Å². The highest BCUT2D eigenvalue weighted by atomic mass is 32.2. The monoisotopic (exact) mass is 586 g/mol. The van der Waals surface area contributed by atoms with E-state index in [0.717, 1.165) is 11.8 Å². The second kappa shape index (κ2) is 9.80. The Morgan fingerprint density at radius 1 is 1.15 bits per heavy atom. The van der Waals surface area contributed by atoms with Gasteiger partial charge in [-0.3, -0.25) is 4.68 Å². The molecule has 0 radical (unpaired) electrons. The van der Waals surface area contributed by atoms with Crippen LogP contribution < -0.4 is 0 Å². The van der Waals surface area contributed by atoms with Gasteiger partial charge >= 0.3 is 12.1 Å². The van der Waals surface area contributed by atoms with Gasteiger partial charge in [-0.25, -0.2) is 17.9 Å². The normalized spacial score (nSPS) is 20.4. The van der Waals surface area contributed by atoms with Crippen LogP contribution >= 0.6 is 0 Å². The molecular weight excluding hydrogens is 561 g/mol. The minimum Gasteiger partial charge on any atom is -0.478 e. The van der Waals surface area contributed by atoms with E-state index in [4.69, 9.17) is 0 Å². The van der Waals surface area contributed by atoms with Gasteiger partial charge in [0.15, 0.2) is 0 Å². The first-order chi connectivity index (χ1) is 19.4. The molecule has 1 saturated carbocycles. The van der Waals surface area contributed by atoms with Crippen molar-refractivity contribution >= 4 is 16.0 Å². The van der Waals surface area contributed by atoms with Crippen LogP contribution in [0.2, 0.25) is 0 Å². The number of halogens is 3. The van der Waals surface area contributed by atoms with Crippen molar-refractivity contribution in [1.29, 1.82) is 0 Å². The molecule has 10 nitrogen and oxygen atoms in total. The summed E-state index contributed by atoms with van der Waals surface area (Å²) in [5.74, 6) is -1.27. The second-order valence-electron chi connectivity index (χ2n) is 10.4.